The van der Waals surface area contributed by atoms with Gasteiger partial charge < -0.3 is 60.8 Å². The lowest BCUT2D eigenvalue weighted by Crippen LogP contribution is -2.43. The lowest BCUT2D eigenvalue weighted by atomic mass is 10.0. The number of hydrogen-bond donors (Lipinski definition) is 6. The number of carbonyl (C=O) groups excluding carboxylic acids is 8. The van der Waals surface area contributed by atoms with Crippen LogP contribution in [0.5, 0.6) is 0 Å². The molecule has 2 aliphatic rings. The quantitative estimate of drug-likeness (QED) is 0.0389. The van der Waals surface area contributed by atoms with Crippen LogP contribution in [0.2, 0.25) is 0 Å². The fourth-order valence-electron chi connectivity index (χ4n) is 8.36. The molecule has 0 radical (unpaired) electrons. The first kappa shape index (κ1) is 60.4. The Labute approximate surface area is 450 Å². The van der Waals surface area contributed by atoms with Gasteiger partial charge in [0, 0.05) is 75.5 Å². The monoisotopic (exact) mass is 1080 g/mol. The number of hydrogen-bond acceptors (Lipinski definition) is 14. The van der Waals surface area contributed by atoms with Crippen LogP contribution in [0, 0.1) is 0 Å². The molecule has 6 atom stereocenters. The normalized spacial score (nSPS) is 16.4. The van der Waals surface area contributed by atoms with Crippen LogP contribution in [0.1, 0.15) is 88.4 Å². The predicted octanol–water partition coefficient (Wildman–Crippen LogP) is 3.24. The van der Waals surface area contributed by atoms with Gasteiger partial charge in [-0.25, -0.2) is 9.59 Å². The molecule has 4 heterocycles. The average molecular weight is 1080 g/mol. The van der Waals surface area contributed by atoms with E-state index in [1.165, 1.54) is 58.0 Å². The Morgan fingerprint density at radius 3 is 1.31 bits per heavy atom. The SMILES string of the molecule is CCOC(=O)/C=C/[C@H](CCC(N)=O)NC(=O)[C@H](Cc1ccccc1)n1cccc(NC(=O)[C@@H]2CCCO2)c1=O.CCOC(=O)/C=C/[C@H](CCC(N)=O)NC(=O)[C@H](Cc1ccccc1)n1cccc(NC(=O)[C@H]2CCCO2)c1=O. The van der Waals surface area contributed by atoms with Gasteiger partial charge in [-0.15, -0.1) is 0 Å². The molecule has 0 unspecified atom stereocenters. The number of benzene rings is 2. The van der Waals surface area contributed by atoms with Crippen molar-refractivity contribution in [2.24, 2.45) is 11.5 Å². The Balaban J connectivity index is 0.000000287. The first-order valence-electron chi connectivity index (χ1n) is 25.8. The smallest absolute Gasteiger partial charge is 0.330 e. The highest BCUT2D eigenvalue weighted by atomic mass is 16.5. The highest BCUT2D eigenvalue weighted by Crippen LogP contribution is 2.20. The number of aromatic nitrogens is 2. The number of carbonyl (C=O) groups is 8. The van der Waals surface area contributed by atoms with E-state index in [1.54, 1.807) is 26.0 Å². The third-order valence-corrected chi connectivity index (χ3v) is 12.3. The number of nitrogens with zero attached hydrogens (tertiary/aromatic N) is 2. The van der Waals surface area contributed by atoms with Gasteiger partial charge in [-0.1, -0.05) is 72.8 Å². The van der Waals surface area contributed by atoms with Crippen molar-refractivity contribution in [1.82, 2.24) is 19.8 Å². The highest BCUT2D eigenvalue weighted by Gasteiger charge is 2.30. The summed E-state index contributed by atoms with van der Waals surface area (Å²) in [5.74, 6) is -4.19. The van der Waals surface area contributed by atoms with Crippen molar-refractivity contribution in [2.75, 3.05) is 37.1 Å². The number of amides is 6. The summed E-state index contributed by atoms with van der Waals surface area (Å²) < 4.78 is 23.1. The molecule has 0 aliphatic carbocycles. The van der Waals surface area contributed by atoms with Crippen LogP contribution in [0.25, 0.3) is 0 Å². The number of nitrogens with two attached hydrogens (primary N) is 2. The molecular formula is C56H68N8O14. The minimum atomic E-state index is -1.01. The summed E-state index contributed by atoms with van der Waals surface area (Å²) in [5.41, 5.74) is 11.1. The number of primary amides is 2. The van der Waals surface area contributed by atoms with E-state index >= 15 is 0 Å². The lowest BCUT2D eigenvalue weighted by Gasteiger charge is -2.23. The number of ether oxygens (including phenoxy) is 4. The Morgan fingerprint density at radius 1 is 0.590 bits per heavy atom. The van der Waals surface area contributed by atoms with Crippen LogP contribution >= 0.6 is 0 Å². The number of esters is 2. The van der Waals surface area contributed by atoms with Crippen LogP contribution in [0.15, 0.2) is 131 Å². The summed E-state index contributed by atoms with van der Waals surface area (Å²) >= 11 is 0. The lowest BCUT2D eigenvalue weighted by molar-refractivity contribution is -0.138. The summed E-state index contributed by atoms with van der Waals surface area (Å²) in [6.07, 6.45) is 10.1. The maximum absolute atomic E-state index is 13.6. The molecule has 2 aromatic carbocycles. The maximum Gasteiger partial charge on any atom is 0.330 e. The third kappa shape index (κ3) is 19.6. The molecule has 8 N–H and O–H groups in total. The van der Waals surface area contributed by atoms with Crippen molar-refractivity contribution in [3.63, 3.8) is 0 Å². The van der Waals surface area contributed by atoms with Crippen molar-refractivity contribution in [3.05, 3.63) is 153 Å². The van der Waals surface area contributed by atoms with Crippen LogP contribution in [-0.4, -0.2) is 107 Å². The van der Waals surface area contributed by atoms with Crippen LogP contribution in [0.4, 0.5) is 11.4 Å². The molecule has 0 bridgehead atoms. The largest absolute Gasteiger partial charge is 0.463 e. The predicted molar refractivity (Wildman–Crippen MR) is 287 cm³/mol. The molecule has 2 fully saturated rings. The molecule has 22 nitrogen and oxygen atoms in total. The summed E-state index contributed by atoms with van der Waals surface area (Å²) in [4.78, 5) is 126. The second-order valence-electron chi connectivity index (χ2n) is 18.1. The second kappa shape index (κ2) is 31.5. The Morgan fingerprint density at radius 2 is 0.974 bits per heavy atom. The Hall–Kier alpha value is -8.50. The zero-order valence-corrected chi connectivity index (χ0v) is 43.7. The average Bonchev–Trinajstić information content (AvgIpc) is 4.21. The molecular weight excluding hydrogens is 1010 g/mol. The zero-order chi connectivity index (χ0) is 56.4. The molecule has 2 aliphatic heterocycles. The van der Waals surface area contributed by atoms with Gasteiger partial charge >= 0.3 is 11.9 Å². The first-order valence-corrected chi connectivity index (χ1v) is 25.8. The first-order chi connectivity index (χ1) is 37.6. The number of rotatable bonds is 26. The van der Waals surface area contributed by atoms with E-state index in [2.05, 4.69) is 21.3 Å². The van der Waals surface area contributed by atoms with Gasteiger partial charge in [-0.05, 0) is 87.8 Å². The van der Waals surface area contributed by atoms with E-state index in [0.717, 1.165) is 24.0 Å². The highest BCUT2D eigenvalue weighted by molar-refractivity contribution is 5.95. The van der Waals surface area contributed by atoms with Crippen LogP contribution in [0.3, 0.4) is 0 Å². The Bertz CT molecular complexity index is 2660. The van der Waals surface area contributed by atoms with E-state index in [1.807, 2.05) is 60.7 Å². The van der Waals surface area contributed by atoms with Crippen molar-refractivity contribution in [3.8, 4) is 0 Å². The molecule has 78 heavy (non-hydrogen) atoms. The fourth-order valence-corrected chi connectivity index (χ4v) is 8.36. The van der Waals surface area contributed by atoms with E-state index < -0.39 is 94.9 Å². The zero-order valence-electron chi connectivity index (χ0n) is 43.7. The topological polar surface area (TPSA) is 318 Å². The van der Waals surface area contributed by atoms with Gasteiger partial charge in [0.2, 0.25) is 23.6 Å². The molecule has 2 saturated heterocycles. The van der Waals surface area contributed by atoms with Gasteiger partial charge in [0.15, 0.2) is 0 Å². The van der Waals surface area contributed by atoms with E-state index in [-0.39, 0.29) is 63.1 Å². The van der Waals surface area contributed by atoms with Gasteiger partial charge in [-0.2, -0.15) is 0 Å². The second-order valence-corrected chi connectivity index (χ2v) is 18.1. The van der Waals surface area contributed by atoms with E-state index in [0.29, 0.717) is 26.1 Å². The van der Waals surface area contributed by atoms with Crippen molar-refractivity contribution in [2.45, 2.75) is 114 Å². The molecule has 22 heteroatoms. The number of nitrogens with one attached hydrogen (secondary N) is 4. The molecule has 4 aromatic rings. The van der Waals surface area contributed by atoms with Crippen molar-refractivity contribution < 1.29 is 57.3 Å². The molecule has 6 rings (SSSR count). The van der Waals surface area contributed by atoms with Gasteiger partial charge in [0.1, 0.15) is 35.7 Å². The van der Waals surface area contributed by atoms with Crippen molar-refractivity contribution >= 4 is 58.8 Å². The van der Waals surface area contributed by atoms with E-state index in [9.17, 15) is 47.9 Å². The minimum Gasteiger partial charge on any atom is -0.463 e. The van der Waals surface area contributed by atoms with Crippen molar-refractivity contribution in [1.29, 1.82) is 0 Å². The minimum absolute atomic E-state index is 0.0244. The molecule has 2 aromatic heterocycles. The molecule has 0 saturated carbocycles. The maximum atomic E-state index is 13.6. The van der Waals surface area contributed by atoms with Crippen LogP contribution < -0.4 is 43.9 Å². The molecule has 416 valence electrons. The van der Waals surface area contributed by atoms with Gasteiger partial charge in [0.05, 0.1) is 13.2 Å². The standard InChI is InChI=1S/2C28H34N4O7/c2*1-2-38-25(34)15-13-20(12-14-24(29)33)30-26(35)22(18-19-8-4-3-5-9-19)32-16-6-10-21(28(32)37)31-27(36)23-11-7-17-39-23/h2*3-6,8-10,13,15-16,20,22-23H,2,7,11-12,14,17-18H2,1H3,(H2,29,33)(H,30,35)(H,31,36)/b2*15-13+/t20-,22-,23+;20-,22-,23-/m00/s1. The summed E-state index contributed by atoms with van der Waals surface area (Å²) in [7, 11) is 0. The number of anilines is 2. The van der Waals surface area contributed by atoms with Gasteiger partial charge in [-0.3, -0.25) is 38.4 Å². The summed E-state index contributed by atoms with van der Waals surface area (Å²) in [5, 5.41) is 10.9. The van der Waals surface area contributed by atoms with E-state index in [4.69, 9.17) is 30.4 Å². The summed E-state index contributed by atoms with van der Waals surface area (Å²) in [6.45, 7) is 4.67. The van der Waals surface area contributed by atoms with Crippen LogP contribution in [-0.2, 0) is 70.1 Å². The molecule has 6 amide bonds. The molecule has 0 spiro atoms. The Kier molecular flexibility index (Phi) is 24.4. The summed E-state index contributed by atoms with van der Waals surface area (Å²) in [6, 6.07) is 20.9. The number of pyridine rings is 2. The third-order valence-electron chi connectivity index (χ3n) is 12.3. The fraction of sp³-hybridized carbons (Fsp3) is 0.393. The van der Waals surface area contributed by atoms with Gasteiger partial charge in [0.25, 0.3) is 22.9 Å².